The number of hydrogen-bond donors (Lipinski definition) is 4. The van der Waals surface area contributed by atoms with Gasteiger partial charge in [-0.3, -0.25) is 4.79 Å². The number of aromatic nitrogens is 2. The summed E-state index contributed by atoms with van der Waals surface area (Å²) >= 11 is 0. The second-order valence-corrected chi connectivity index (χ2v) is 9.46. The zero-order chi connectivity index (χ0) is 26.3. The van der Waals surface area contributed by atoms with Crippen molar-refractivity contribution in [3.8, 4) is 11.3 Å². The Hall–Kier alpha value is -4.18. The molecule has 3 aromatic rings. The van der Waals surface area contributed by atoms with Gasteiger partial charge in [0.05, 0.1) is 11.7 Å². The molecule has 10 nitrogen and oxygen atoms in total. The number of rotatable bonds is 7. The first-order valence-electron chi connectivity index (χ1n) is 13.2. The Labute approximate surface area is 222 Å². The van der Waals surface area contributed by atoms with Crippen LogP contribution in [0.5, 0.6) is 0 Å². The van der Waals surface area contributed by atoms with Crippen LogP contribution in [0.25, 0.3) is 11.3 Å². The number of anilines is 4. The maximum atomic E-state index is 12.3. The molecule has 38 heavy (non-hydrogen) atoms. The normalized spacial score (nSPS) is 17.2. The van der Waals surface area contributed by atoms with Crippen LogP contribution in [0.1, 0.15) is 19.8 Å². The van der Waals surface area contributed by atoms with E-state index in [9.17, 15) is 9.59 Å². The van der Waals surface area contributed by atoms with E-state index in [1.807, 2.05) is 54.3 Å². The number of nitrogens with zero attached hydrogens (tertiary/aromatic N) is 4. The van der Waals surface area contributed by atoms with E-state index in [-0.39, 0.29) is 18.0 Å². The van der Waals surface area contributed by atoms with E-state index in [2.05, 4.69) is 48.3 Å². The first kappa shape index (κ1) is 25.5. The van der Waals surface area contributed by atoms with E-state index in [0.717, 1.165) is 60.8 Å². The van der Waals surface area contributed by atoms with Gasteiger partial charge in [0.2, 0.25) is 11.9 Å². The van der Waals surface area contributed by atoms with E-state index in [1.54, 1.807) is 6.20 Å². The topological polar surface area (TPSA) is 115 Å². The van der Waals surface area contributed by atoms with Crippen molar-refractivity contribution in [2.45, 2.75) is 25.8 Å². The highest BCUT2D eigenvalue weighted by Gasteiger charge is 2.22. The van der Waals surface area contributed by atoms with Crippen molar-refractivity contribution in [3.63, 3.8) is 0 Å². The molecule has 2 saturated heterocycles. The highest BCUT2D eigenvalue weighted by molar-refractivity contribution is 5.95. The predicted octanol–water partition coefficient (Wildman–Crippen LogP) is 3.43. The number of benzene rings is 2. The minimum atomic E-state index is -0.108. The molecule has 0 radical (unpaired) electrons. The van der Waals surface area contributed by atoms with Crippen molar-refractivity contribution in [1.82, 2.24) is 25.5 Å². The maximum Gasteiger partial charge on any atom is 0.317 e. The highest BCUT2D eigenvalue weighted by atomic mass is 16.2. The van der Waals surface area contributed by atoms with Gasteiger partial charge in [-0.2, -0.15) is 0 Å². The highest BCUT2D eigenvalue weighted by Crippen LogP contribution is 2.24. The predicted molar refractivity (Wildman–Crippen MR) is 150 cm³/mol. The SMILES string of the molecule is CCNC(=O)N1CCN(c2ccc(Nc3nccc(-c4ccc(NC(=O)C5CCCN5)cc4)n3)cc2)CC1. The van der Waals surface area contributed by atoms with Crippen LogP contribution in [-0.2, 0) is 4.79 Å². The number of nitrogens with one attached hydrogen (secondary N) is 4. The van der Waals surface area contributed by atoms with E-state index in [1.165, 1.54) is 0 Å². The number of urea groups is 1. The molecule has 1 aromatic heterocycles. The Kier molecular flexibility index (Phi) is 7.98. The molecule has 1 unspecified atom stereocenters. The smallest absolute Gasteiger partial charge is 0.317 e. The van der Waals surface area contributed by atoms with E-state index >= 15 is 0 Å². The average molecular weight is 515 g/mol. The minimum Gasteiger partial charge on any atom is -0.368 e. The first-order valence-corrected chi connectivity index (χ1v) is 13.2. The molecular formula is C28H34N8O2. The molecule has 3 amide bonds. The molecule has 0 bridgehead atoms. The molecule has 198 valence electrons. The maximum absolute atomic E-state index is 12.3. The van der Waals surface area contributed by atoms with Crippen LogP contribution < -0.4 is 26.2 Å². The number of hydrogen-bond acceptors (Lipinski definition) is 7. The van der Waals surface area contributed by atoms with Gasteiger partial charge in [-0.1, -0.05) is 12.1 Å². The molecule has 0 spiro atoms. The van der Waals surface area contributed by atoms with Gasteiger partial charge in [0.25, 0.3) is 0 Å². The fourth-order valence-electron chi connectivity index (χ4n) is 4.76. The standard InChI is InChI=1S/C28H34N8O2/c1-2-29-28(38)36-18-16-35(17-19-36)23-11-9-22(10-12-23)33-27-31-15-13-24(34-27)20-5-7-21(8-6-20)32-26(37)25-4-3-14-30-25/h5-13,15,25,30H,2-4,14,16-19H2,1H3,(H,29,38)(H,32,37)(H,31,33,34). The summed E-state index contributed by atoms with van der Waals surface area (Å²) in [5.41, 5.74) is 4.52. The molecule has 2 aromatic carbocycles. The average Bonchev–Trinajstić information content (AvgIpc) is 3.50. The number of piperazine rings is 1. The fourth-order valence-corrected chi connectivity index (χ4v) is 4.76. The quantitative estimate of drug-likeness (QED) is 0.382. The molecule has 10 heteroatoms. The van der Waals surface area contributed by atoms with Crippen LogP contribution in [0.3, 0.4) is 0 Å². The van der Waals surface area contributed by atoms with Gasteiger partial charge in [0, 0.05) is 61.5 Å². The van der Waals surface area contributed by atoms with Crippen LogP contribution in [-0.4, -0.2) is 72.1 Å². The van der Waals surface area contributed by atoms with Gasteiger partial charge in [-0.05, 0) is 68.8 Å². The van der Waals surface area contributed by atoms with Crippen molar-refractivity contribution in [2.24, 2.45) is 0 Å². The van der Waals surface area contributed by atoms with Gasteiger partial charge in [-0.25, -0.2) is 14.8 Å². The second-order valence-electron chi connectivity index (χ2n) is 9.46. The monoisotopic (exact) mass is 514 g/mol. The van der Waals surface area contributed by atoms with Crippen LogP contribution in [0, 0.1) is 0 Å². The van der Waals surface area contributed by atoms with Crippen molar-refractivity contribution in [1.29, 1.82) is 0 Å². The Morgan fingerprint density at radius 3 is 2.39 bits per heavy atom. The summed E-state index contributed by atoms with van der Waals surface area (Å²) in [5, 5.41) is 12.3. The summed E-state index contributed by atoms with van der Waals surface area (Å²) in [6.07, 6.45) is 3.64. The minimum absolute atomic E-state index is 0.00788. The van der Waals surface area contributed by atoms with Crippen molar-refractivity contribution in [2.75, 3.05) is 54.8 Å². The van der Waals surface area contributed by atoms with Crippen LogP contribution >= 0.6 is 0 Å². The molecule has 2 aliphatic rings. The van der Waals surface area contributed by atoms with Gasteiger partial charge >= 0.3 is 6.03 Å². The molecule has 5 rings (SSSR count). The lowest BCUT2D eigenvalue weighted by atomic mass is 10.1. The third kappa shape index (κ3) is 6.20. The molecule has 3 heterocycles. The van der Waals surface area contributed by atoms with Crippen molar-refractivity contribution < 1.29 is 9.59 Å². The molecule has 2 aliphatic heterocycles. The Morgan fingerprint density at radius 2 is 1.71 bits per heavy atom. The third-order valence-electron chi connectivity index (χ3n) is 6.86. The zero-order valence-corrected chi connectivity index (χ0v) is 21.6. The summed E-state index contributed by atoms with van der Waals surface area (Å²) in [4.78, 5) is 37.6. The summed E-state index contributed by atoms with van der Waals surface area (Å²) in [5.74, 6) is 0.520. The number of amides is 3. The van der Waals surface area contributed by atoms with Gasteiger partial charge in [0.15, 0.2) is 0 Å². The third-order valence-corrected chi connectivity index (χ3v) is 6.86. The lowest BCUT2D eigenvalue weighted by molar-refractivity contribution is -0.117. The van der Waals surface area contributed by atoms with E-state index in [4.69, 9.17) is 0 Å². The van der Waals surface area contributed by atoms with E-state index in [0.29, 0.717) is 25.6 Å². The summed E-state index contributed by atoms with van der Waals surface area (Å²) in [6.45, 7) is 6.48. The Bertz CT molecular complexity index is 1230. The first-order chi connectivity index (χ1) is 18.6. The van der Waals surface area contributed by atoms with Crippen LogP contribution in [0.15, 0.2) is 60.8 Å². The number of carbonyl (C=O) groups is 2. The van der Waals surface area contributed by atoms with Crippen molar-refractivity contribution >= 4 is 34.9 Å². The Morgan fingerprint density at radius 1 is 0.974 bits per heavy atom. The van der Waals surface area contributed by atoms with Crippen LogP contribution in [0.4, 0.5) is 27.8 Å². The van der Waals surface area contributed by atoms with Crippen molar-refractivity contribution in [3.05, 3.63) is 60.8 Å². The van der Waals surface area contributed by atoms with Gasteiger partial charge < -0.3 is 31.1 Å². The molecule has 4 N–H and O–H groups in total. The zero-order valence-electron chi connectivity index (χ0n) is 21.6. The summed E-state index contributed by atoms with van der Waals surface area (Å²) in [6, 6.07) is 17.6. The summed E-state index contributed by atoms with van der Waals surface area (Å²) in [7, 11) is 0. The number of carbonyl (C=O) groups excluding carboxylic acids is 2. The fraction of sp³-hybridized carbons (Fsp3) is 0.357. The molecule has 0 saturated carbocycles. The van der Waals surface area contributed by atoms with Crippen LogP contribution in [0.2, 0.25) is 0 Å². The van der Waals surface area contributed by atoms with E-state index < -0.39 is 0 Å². The molecule has 1 atom stereocenters. The molecular weight excluding hydrogens is 480 g/mol. The summed E-state index contributed by atoms with van der Waals surface area (Å²) < 4.78 is 0. The second kappa shape index (κ2) is 11.9. The lowest BCUT2D eigenvalue weighted by Gasteiger charge is -2.36. The Balaban J connectivity index is 1.17. The largest absolute Gasteiger partial charge is 0.368 e. The molecule has 0 aliphatic carbocycles. The van der Waals surface area contributed by atoms with Gasteiger partial charge in [-0.15, -0.1) is 0 Å². The van der Waals surface area contributed by atoms with Gasteiger partial charge in [0.1, 0.15) is 0 Å². The molecule has 2 fully saturated rings. The lowest BCUT2D eigenvalue weighted by Crippen LogP contribution is -2.51.